The normalized spacial score (nSPS) is 11.5. The molecule has 7 heteroatoms. The predicted molar refractivity (Wildman–Crippen MR) is 94.7 cm³/mol. The fraction of sp³-hybridized carbons (Fsp3) is 0.235. The van der Waals surface area contributed by atoms with Gasteiger partial charge in [-0.15, -0.1) is 0 Å². The number of carbonyl (C=O) groups is 1. The molecule has 0 atom stereocenters. The number of nitrogens with zero attached hydrogens (tertiary/aromatic N) is 1. The minimum absolute atomic E-state index is 0.0259. The largest absolute Gasteiger partial charge is 0.348 e. The van der Waals surface area contributed by atoms with E-state index < -0.39 is 15.9 Å². The molecule has 2 aromatic rings. The minimum atomic E-state index is -3.63. The van der Waals surface area contributed by atoms with Crippen LogP contribution in [0.1, 0.15) is 21.5 Å². The maximum absolute atomic E-state index is 12.4. The first-order valence-corrected chi connectivity index (χ1v) is 9.10. The van der Waals surface area contributed by atoms with Gasteiger partial charge in [-0.25, -0.2) is 12.7 Å². The molecular formula is C17H19ClN2O3S. The summed E-state index contributed by atoms with van der Waals surface area (Å²) in [5.74, 6) is -0.418. The number of aryl methyl sites for hydroxylation is 1. The quantitative estimate of drug-likeness (QED) is 0.884. The molecule has 24 heavy (non-hydrogen) atoms. The zero-order valence-electron chi connectivity index (χ0n) is 13.7. The highest BCUT2D eigenvalue weighted by Crippen LogP contribution is 2.22. The molecule has 0 spiro atoms. The number of amides is 1. The SMILES string of the molecule is Cc1ccccc1CNC(=O)c1cc(S(=O)(=O)N(C)C)ccc1Cl. The summed E-state index contributed by atoms with van der Waals surface area (Å²) in [5, 5.41) is 2.98. The van der Waals surface area contributed by atoms with Crippen molar-refractivity contribution in [3.05, 3.63) is 64.2 Å². The van der Waals surface area contributed by atoms with Gasteiger partial charge < -0.3 is 5.32 Å². The molecule has 0 fully saturated rings. The smallest absolute Gasteiger partial charge is 0.253 e. The van der Waals surface area contributed by atoms with Crippen molar-refractivity contribution in [3.63, 3.8) is 0 Å². The number of hydrogen-bond acceptors (Lipinski definition) is 3. The number of carbonyl (C=O) groups excluding carboxylic acids is 1. The molecule has 1 amide bonds. The van der Waals surface area contributed by atoms with Crippen molar-refractivity contribution in [1.82, 2.24) is 9.62 Å². The van der Waals surface area contributed by atoms with Gasteiger partial charge in [-0.2, -0.15) is 0 Å². The van der Waals surface area contributed by atoms with E-state index in [0.717, 1.165) is 15.4 Å². The average molecular weight is 367 g/mol. The first-order valence-electron chi connectivity index (χ1n) is 7.28. The molecule has 0 aromatic heterocycles. The second-order valence-electron chi connectivity index (χ2n) is 5.54. The van der Waals surface area contributed by atoms with Gasteiger partial charge >= 0.3 is 0 Å². The van der Waals surface area contributed by atoms with Gasteiger partial charge in [0.25, 0.3) is 5.91 Å². The van der Waals surface area contributed by atoms with Crippen molar-refractivity contribution in [2.45, 2.75) is 18.4 Å². The van der Waals surface area contributed by atoms with Gasteiger partial charge in [0.2, 0.25) is 10.0 Å². The Morgan fingerprint density at radius 2 is 1.83 bits per heavy atom. The summed E-state index contributed by atoms with van der Waals surface area (Å²) < 4.78 is 25.5. The highest BCUT2D eigenvalue weighted by molar-refractivity contribution is 7.89. The predicted octanol–water partition coefficient (Wildman–Crippen LogP) is 2.83. The van der Waals surface area contributed by atoms with E-state index in [9.17, 15) is 13.2 Å². The van der Waals surface area contributed by atoms with Crippen LogP contribution in [0.4, 0.5) is 0 Å². The Bertz CT molecular complexity index is 864. The highest BCUT2D eigenvalue weighted by atomic mass is 35.5. The number of rotatable bonds is 5. The number of sulfonamides is 1. The first-order chi connectivity index (χ1) is 11.2. The fourth-order valence-electron chi connectivity index (χ4n) is 2.13. The molecule has 2 aromatic carbocycles. The second-order valence-corrected chi connectivity index (χ2v) is 8.10. The molecule has 0 aliphatic rings. The molecule has 0 saturated carbocycles. The molecule has 0 bridgehead atoms. The van der Waals surface area contributed by atoms with Gasteiger partial charge in [0.05, 0.1) is 15.5 Å². The van der Waals surface area contributed by atoms with Gasteiger partial charge in [0.1, 0.15) is 0 Å². The molecule has 0 aliphatic carbocycles. The maximum Gasteiger partial charge on any atom is 0.253 e. The summed E-state index contributed by atoms with van der Waals surface area (Å²) in [4.78, 5) is 12.4. The van der Waals surface area contributed by atoms with Crippen molar-refractivity contribution in [2.75, 3.05) is 14.1 Å². The van der Waals surface area contributed by atoms with Crippen LogP contribution in [0.25, 0.3) is 0 Å². The van der Waals surface area contributed by atoms with E-state index in [1.165, 1.54) is 32.3 Å². The lowest BCUT2D eigenvalue weighted by atomic mass is 10.1. The summed E-state index contributed by atoms with van der Waals surface area (Å²) in [6.45, 7) is 2.30. The van der Waals surface area contributed by atoms with Crippen LogP contribution < -0.4 is 5.32 Å². The Labute approximate surface area is 147 Å². The number of nitrogens with one attached hydrogen (secondary N) is 1. The summed E-state index contributed by atoms with van der Waals surface area (Å²) in [7, 11) is -0.764. The molecular weight excluding hydrogens is 348 g/mol. The maximum atomic E-state index is 12.4. The summed E-state index contributed by atoms with van der Waals surface area (Å²) >= 11 is 6.06. The molecule has 0 radical (unpaired) electrons. The van der Waals surface area contributed by atoms with E-state index in [4.69, 9.17) is 11.6 Å². The van der Waals surface area contributed by atoms with Gasteiger partial charge in [-0.05, 0) is 36.2 Å². The lowest BCUT2D eigenvalue weighted by Gasteiger charge is -2.13. The molecule has 0 heterocycles. The zero-order chi connectivity index (χ0) is 17.9. The van der Waals surface area contributed by atoms with Crippen molar-refractivity contribution in [2.24, 2.45) is 0 Å². The van der Waals surface area contributed by atoms with Crippen molar-refractivity contribution >= 4 is 27.5 Å². The van der Waals surface area contributed by atoms with Crippen LogP contribution in [0.3, 0.4) is 0 Å². The third kappa shape index (κ3) is 3.95. The molecule has 2 rings (SSSR count). The fourth-order valence-corrected chi connectivity index (χ4v) is 3.26. The topological polar surface area (TPSA) is 66.5 Å². The lowest BCUT2D eigenvalue weighted by Crippen LogP contribution is -2.25. The van der Waals surface area contributed by atoms with Crippen LogP contribution in [0.15, 0.2) is 47.4 Å². The zero-order valence-corrected chi connectivity index (χ0v) is 15.3. The minimum Gasteiger partial charge on any atom is -0.348 e. The van der Waals surface area contributed by atoms with Crippen LogP contribution in [-0.4, -0.2) is 32.7 Å². The average Bonchev–Trinajstić information content (AvgIpc) is 2.54. The summed E-state index contributed by atoms with van der Waals surface area (Å²) in [6.07, 6.45) is 0. The van der Waals surface area contributed by atoms with E-state index in [1.807, 2.05) is 31.2 Å². The first kappa shape index (κ1) is 18.4. The molecule has 5 nitrogen and oxygen atoms in total. The van der Waals surface area contributed by atoms with Gasteiger partial charge in [-0.3, -0.25) is 4.79 Å². The number of halogens is 1. The summed E-state index contributed by atoms with van der Waals surface area (Å²) in [5.41, 5.74) is 2.18. The Morgan fingerprint density at radius 3 is 2.46 bits per heavy atom. The van der Waals surface area contributed by atoms with Gasteiger partial charge in [-0.1, -0.05) is 35.9 Å². The Kier molecular flexibility index (Phi) is 5.64. The lowest BCUT2D eigenvalue weighted by molar-refractivity contribution is 0.0951. The third-order valence-electron chi connectivity index (χ3n) is 3.66. The van der Waals surface area contributed by atoms with Crippen molar-refractivity contribution in [1.29, 1.82) is 0 Å². The van der Waals surface area contributed by atoms with E-state index in [-0.39, 0.29) is 15.5 Å². The van der Waals surface area contributed by atoms with Gasteiger partial charge in [0, 0.05) is 20.6 Å². The Morgan fingerprint density at radius 1 is 1.17 bits per heavy atom. The second kappa shape index (κ2) is 7.34. The Hall–Kier alpha value is -1.89. The molecule has 0 saturated heterocycles. The highest BCUT2D eigenvalue weighted by Gasteiger charge is 2.20. The summed E-state index contributed by atoms with van der Waals surface area (Å²) in [6, 6.07) is 11.8. The van der Waals surface area contributed by atoms with Crippen molar-refractivity contribution in [3.8, 4) is 0 Å². The van der Waals surface area contributed by atoms with Crippen LogP contribution in [0, 0.1) is 6.92 Å². The standard InChI is InChI=1S/C17H19ClN2O3S/c1-12-6-4-5-7-13(12)11-19-17(21)15-10-14(8-9-16(15)18)24(22,23)20(2)3/h4-10H,11H2,1-3H3,(H,19,21). The van der Waals surface area contributed by atoms with E-state index in [0.29, 0.717) is 6.54 Å². The number of hydrogen-bond donors (Lipinski definition) is 1. The van der Waals surface area contributed by atoms with Crippen LogP contribution in [-0.2, 0) is 16.6 Å². The monoisotopic (exact) mass is 366 g/mol. The van der Waals surface area contributed by atoms with Crippen LogP contribution in [0.5, 0.6) is 0 Å². The molecule has 1 N–H and O–H groups in total. The molecule has 0 aliphatic heterocycles. The molecule has 0 unspecified atom stereocenters. The van der Waals surface area contributed by atoms with Gasteiger partial charge in [0.15, 0.2) is 0 Å². The van der Waals surface area contributed by atoms with E-state index >= 15 is 0 Å². The Balaban J connectivity index is 2.25. The third-order valence-corrected chi connectivity index (χ3v) is 5.80. The van der Waals surface area contributed by atoms with E-state index in [2.05, 4.69) is 5.32 Å². The van der Waals surface area contributed by atoms with Crippen LogP contribution in [0.2, 0.25) is 5.02 Å². The number of benzene rings is 2. The van der Waals surface area contributed by atoms with Crippen LogP contribution >= 0.6 is 11.6 Å². The van der Waals surface area contributed by atoms with E-state index in [1.54, 1.807) is 0 Å². The molecule has 128 valence electrons. The van der Waals surface area contributed by atoms with Crippen molar-refractivity contribution < 1.29 is 13.2 Å².